The first-order chi connectivity index (χ1) is 7.83. The Bertz CT molecular complexity index is 437. The zero-order valence-electron chi connectivity index (χ0n) is 8.85. The summed E-state index contributed by atoms with van der Waals surface area (Å²) >= 11 is 0. The van der Waals surface area contributed by atoms with Crippen molar-refractivity contribution in [2.24, 2.45) is 0 Å². The van der Waals surface area contributed by atoms with Crippen molar-refractivity contribution in [3.8, 4) is 11.8 Å². The molecule has 0 bridgehead atoms. The molecule has 0 unspecified atom stereocenters. The summed E-state index contributed by atoms with van der Waals surface area (Å²) in [5.74, 6) is 0.548. The standard InChI is InChI=1S/C12H12N2O2/c13-7-6-12(15)14-8-3-9-16-11-5-2-1-4-10(11)14/h1-2,4-5H,3,6,8-9H2. The lowest BCUT2D eigenvalue weighted by atomic mass is 10.2. The van der Waals surface area contributed by atoms with E-state index in [0.717, 1.165) is 12.1 Å². The van der Waals surface area contributed by atoms with E-state index in [-0.39, 0.29) is 12.3 Å². The fourth-order valence-electron chi connectivity index (χ4n) is 1.75. The molecule has 0 aromatic heterocycles. The number of hydrogen-bond acceptors (Lipinski definition) is 3. The Kier molecular flexibility index (Phi) is 3.06. The molecular weight excluding hydrogens is 204 g/mol. The molecule has 0 fully saturated rings. The van der Waals surface area contributed by atoms with Crippen molar-refractivity contribution >= 4 is 11.6 Å². The van der Waals surface area contributed by atoms with Crippen molar-refractivity contribution in [3.05, 3.63) is 24.3 Å². The lowest BCUT2D eigenvalue weighted by Crippen LogP contribution is -2.30. The maximum Gasteiger partial charge on any atom is 0.241 e. The summed E-state index contributed by atoms with van der Waals surface area (Å²) in [6.07, 6.45) is 0.695. The summed E-state index contributed by atoms with van der Waals surface area (Å²) in [5.41, 5.74) is 0.764. The summed E-state index contributed by atoms with van der Waals surface area (Å²) in [6, 6.07) is 9.30. The van der Waals surface area contributed by atoms with E-state index in [1.165, 1.54) is 0 Å². The molecule has 82 valence electrons. The Morgan fingerprint density at radius 3 is 3.12 bits per heavy atom. The minimum absolute atomic E-state index is 0.0890. The third kappa shape index (κ3) is 1.98. The van der Waals surface area contributed by atoms with Gasteiger partial charge < -0.3 is 9.64 Å². The van der Waals surface area contributed by atoms with Crippen molar-refractivity contribution in [2.75, 3.05) is 18.1 Å². The minimum Gasteiger partial charge on any atom is -0.491 e. The van der Waals surface area contributed by atoms with Crippen molar-refractivity contribution in [1.82, 2.24) is 0 Å². The van der Waals surface area contributed by atoms with Crippen LogP contribution >= 0.6 is 0 Å². The van der Waals surface area contributed by atoms with E-state index in [0.29, 0.717) is 18.9 Å². The number of carbonyl (C=O) groups is 1. The lowest BCUT2D eigenvalue weighted by Gasteiger charge is -2.20. The zero-order chi connectivity index (χ0) is 11.4. The van der Waals surface area contributed by atoms with Gasteiger partial charge in [0, 0.05) is 6.54 Å². The lowest BCUT2D eigenvalue weighted by molar-refractivity contribution is -0.117. The number of hydrogen-bond donors (Lipinski definition) is 0. The zero-order valence-corrected chi connectivity index (χ0v) is 8.85. The summed E-state index contributed by atoms with van der Waals surface area (Å²) in [5, 5.41) is 8.56. The molecule has 0 atom stereocenters. The number of nitriles is 1. The van der Waals surface area contributed by atoms with Gasteiger partial charge in [-0.05, 0) is 18.6 Å². The number of ether oxygens (including phenoxy) is 1. The molecule has 1 aromatic carbocycles. The van der Waals surface area contributed by atoms with E-state index in [9.17, 15) is 4.79 Å². The first kappa shape index (κ1) is 10.5. The number of fused-ring (bicyclic) bond motifs is 1. The van der Waals surface area contributed by atoms with E-state index < -0.39 is 0 Å². The van der Waals surface area contributed by atoms with Gasteiger partial charge in [-0.15, -0.1) is 0 Å². The molecule has 0 aliphatic carbocycles. The van der Waals surface area contributed by atoms with Crippen LogP contribution in [0, 0.1) is 11.3 Å². The number of amides is 1. The van der Waals surface area contributed by atoms with E-state index in [4.69, 9.17) is 10.00 Å². The molecule has 0 spiro atoms. The quantitative estimate of drug-likeness (QED) is 0.718. The number of para-hydroxylation sites is 2. The van der Waals surface area contributed by atoms with E-state index in [1.54, 1.807) is 4.90 Å². The topological polar surface area (TPSA) is 53.3 Å². The van der Waals surface area contributed by atoms with Crippen LogP contribution in [0.5, 0.6) is 5.75 Å². The largest absolute Gasteiger partial charge is 0.491 e. The molecule has 4 heteroatoms. The Morgan fingerprint density at radius 2 is 2.31 bits per heavy atom. The highest BCUT2D eigenvalue weighted by atomic mass is 16.5. The molecule has 0 saturated heterocycles. The predicted octanol–water partition coefficient (Wildman–Crippen LogP) is 1.72. The average molecular weight is 216 g/mol. The molecule has 1 aliphatic rings. The third-order valence-corrected chi connectivity index (χ3v) is 2.47. The molecule has 1 aliphatic heterocycles. The smallest absolute Gasteiger partial charge is 0.241 e. The number of nitrogens with zero attached hydrogens (tertiary/aromatic N) is 2. The van der Waals surface area contributed by atoms with Gasteiger partial charge in [0.1, 0.15) is 12.2 Å². The van der Waals surface area contributed by atoms with Gasteiger partial charge in [-0.25, -0.2) is 0 Å². The highest BCUT2D eigenvalue weighted by Gasteiger charge is 2.21. The summed E-state index contributed by atoms with van der Waals surface area (Å²) < 4.78 is 5.53. The van der Waals surface area contributed by atoms with E-state index >= 15 is 0 Å². The van der Waals surface area contributed by atoms with Gasteiger partial charge in [-0.3, -0.25) is 4.79 Å². The molecule has 16 heavy (non-hydrogen) atoms. The van der Waals surface area contributed by atoms with Gasteiger partial charge in [0.05, 0.1) is 18.4 Å². The average Bonchev–Trinajstić information content (AvgIpc) is 2.51. The van der Waals surface area contributed by atoms with Crippen LogP contribution in [0.3, 0.4) is 0 Å². The summed E-state index contributed by atoms with van der Waals surface area (Å²) in [7, 11) is 0. The second kappa shape index (κ2) is 4.67. The van der Waals surface area contributed by atoms with Crippen LogP contribution in [0.25, 0.3) is 0 Å². The van der Waals surface area contributed by atoms with Gasteiger partial charge in [-0.2, -0.15) is 5.26 Å². The van der Waals surface area contributed by atoms with Crippen molar-refractivity contribution < 1.29 is 9.53 Å². The molecule has 1 heterocycles. The Labute approximate surface area is 94.0 Å². The Hall–Kier alpha value is -2.02. The van der Waals surface area contributed by atoms with Gasteiger partial charge >= 0.3 is 0 Å². The molecule has 0 N–H and O–H groups in total. The van der Waals surface area contributed by atoms with Gasteiger partial charge in [0.15, 0.2) is 0 Å². The third-order valence-electron chi connectivity index (χ3n) is 2.47. The SMILES string of the molecule is N#CCC(=O)N1CCCOc2ccccc21. The molecule has 1 aromatic rings. The van der Waals surface area contributed by atoms with Crippen molar-refractivity contribution in [3.63, 3.8) is 0 Å². The number of carbonyl (C=O) groups excluding carboxylic acids is 1. The fourth-order valence-corrected chi connectivity index (χ4v) is 1.75. The normalized spacial score (nSPS) is 14.3. The van der Waals surface area contributed by atoms with Crippen LogP contribution in [0.2, 0.25) is 0 Å². The van der Waals surface area contributed by atoms with Crippen molar-refractivity contribution in [1.29, 1.82) is 5.26 Å². The van der Waals surface area contributed by atoms with Crippen LogP contribution in [0.4, 0.5) is 5.69 Å². The molecule has 0 saturated carbocycles. The maximum absolute atomic E-state index is 11.8. The van der Waals surface area contributed by atoms with Crippen LogP contribution < -0.4 is 9.64 Å². The second-order valence-corrected chi connectivity index (χ2v) is 3.55. The highest BCUT2D eigenvalue weighted by molar-refractivity contribution is 5.96. The summed E-state index contributed by atoms with van der Waals surface area (Å²) in [4.78, 5) is 13.4. The van der Waals surface area contributed by atoms with Gasteiger partial charge in [0.25, 0.3) is 0 Å². The molecule has 1 amide bonds. The second-order valence-electron chi connectivity index (χ2n) is 3.55. The minimum atomic E-state index is -0.166. The van der Waals surface area contributed by atoms with Gasteiger partial charge in [0.2, 0.25) is 5.91 Å². The predicted molar refractivity (Wildman–Crippen MR) is 59.1 cm³/mol. The maximum atomic E-state index is 11.8. The van der Waals surface area contributed by atoms with E-state index in [1.807, 2.05) is 30.3 Å². The summed E-state index contributed by atoms with van der Waals surface area (Å²) in [6.45, 7) is 1.21. The van der Waals surface area contributed by atoms with Crippen molar-refractivity contribution in [2.45, 2.75) is 12.8 Å². The van der Waals surface area contributed by atoms with E-state index in [2.05, 4.69) is 0 Å². The monoisotopic (exact) mass is 216 g/mol. The Balaban J connectivity index is 2.33. The van der Waals surface area contributed by atoms with Crippen LogP contribution in [-0.4, -0.2) is 19.1 Å². The fraction of sp³-hybridized carbons (Fsp3) is 0.333. The number of anilines is 1. The molecule has 2 rings (SSSR count). The van der Waals surface area contributed by atoms with Crippen LogP contribution in [0.15, 0.2) is 24.3 Å². The molecule has 0 radical (unpaired) electrons. The first-order valence-corrected chi connectivity index (χ1v) is 5.22. The highest BCUT2D eigenvalue weighted by Crippen LogP contribution is 2.30. The first-order valence-electron chi connectivity index (χ1n) is 5.22. The Morgan fingerprint density at radius 1 is 1.50 bits per heavy atom. The van der Waals surface area contributed by atoms with Crippen LogP contribution in [0.1, 0.15) is 12.8 Å². The molecular formula is C12H12N2O2. The van der Waals surface area contributed by atoms with Crippen LogP contribution in [-0.2, 0) is 4.79 Å². The molecule has 4 nitrogen and oxygen atoms in total. The number of benzene rings is 1. The number of rotatable bonds is 1. The van der Waals surface area contributed by atoms with Gasteiger partial charge in [-0.1, -0.05) is 12.1 Å².